The molecule has 1 aromatic rings. The van der Waals surface area contributed by atoms with Crippen LogP contribution in [0.25, 0.3) is 0 Å². The van der Waals surface area contributed by atoms with Crippen molar-refractivity contribution < 1.29 is 9.59 Å². The molecule has 2 saturated heterocycles. The molecular weight excluding hydrogens is 302 g/mol. The van der Waals surface area contributed by atoms with Gasteiger partial charge in [0.25, 0.3) is 0 Å². The lowest BCUT2D eigenvalue weighted by Crippen LogP contribution is -2.58. The number of hydrogen-bond donors (Lipinski definition) is 0. The number of rotatable bonds is 3. The quantitative estimate of drug-likeness (QED) is 0.852. The van der Waals surface area contributed by atoms with Crippen LogP contribution in [0.4, 0.5) is 5.69 Å². The maximum Gasteiger partial charge on any atom is 0.246 e. The third-order valence-corrected chi connectivity index (χ3v) is 5.18. The number of piperidine rings is 1. The molecule has 24 heavy (non-hydrogen) atoms. The number of benzene rings is 1. The van der Waals surface area contributed by atoms with Gasteiger partial charge >= 0.3 is 0 Å². The van der Waals surface area contributed by atoms with E-state index in [4.69, 9.17) is 0 Å². The summed E-state index contributed by atoms with van der Waals surface area (Å²) in [5.74, 6) is 0.144. The minimum atomic E-state index is -0.0394. The molecular formula is C19H27N3O2. The van der Waals surface area contributed by atoms with Crippen LogP contribution in [0, 0.1) is 6.92 Å². The van der Waals surface area contributed by atoms with Crippen molar-refractivity contribution in [3.63, 3.8) is 0 Å². The van der Waals surface area contributed by atoms with Gasteiger partial charge in [0.05, 0.1) is 6.04 Å². The SMILES string of the molecule is CCN1CCCC[C@@H]1C(=O)N1CCN(c2ccc(C)cc2)C(=O)C1. The molecule has 1 aromatic carbocycles. The Kier molecular flexibility index (Phi) is 5.19. The summed E-state index contributed by atoms with van der Waals surface area (Å²) >= 11 is 0. The zero-order chi connectivity index (χ0) is 17.1. The summed E-state index contributed by atoms with van der Waals surface area (Å²) in [6.45, 7) is 7.41. The van der Waals surface area contributed by atoms with Crippen molar-refractivity contribution in [1.82, 2.24) is 9.80 Å². The van der Waals surface area contributed by atoms with Crippen LogP contribution in [0.3, 0.4) is 0 Å². The summed E-state index contributed by atoms with van der Waals surface area (Å²) in [5, 5.41) is 0. The Hall–Kier alpha value is -1.88. The number of aryl methyl sites for hydroxylation is 1. The van der Waals surface area contributed by atoms with Crippen molar-refractivity contribution in [2.24, 2.45) is 0 Å². The first-order chi connectivity index (χ1) is 11.6. The summed E-state index contributed by atoms with van der Waals surface area (Å²) < 4.78 is 0. The van der Waals surface area contributed by atoms with Gasteiger partial charge < -0.3 is 9.80 Å². The Labute approximate surface area is 144 Å². The molecule has 0 radical (unpaired) electrons. The van der Waals surface area contributed by atoms with Crippen LogP contribution in [-0.2, 0) is 9.59 Å². The molecule has 0 N–H and O–H groups in total. The van der Waals surface area contributed by atoms with Crippen LogP contribution in [-0.4, -0.2) is 60.4 Å². The van der Waals surface area contributed by atoms with Gasteiger partial charge in [-0.05, 0) is 45.0 Å². The average Bonchev–Trinajstić information content (AvgIpc) is 2.62. The van der Waals surface area contributed by atoms with Crippen LogP contribution in [0.5, 0.6) is 0 Å². The highest BCUT2D eigenvalue weighted by molar-refractivity contribution is 5.98. The maximum absolute atomic E-state index is 12.9. The van der Waals surface area contributed by atoms with Crippen LogP contribution < -0.4 is 4.90 Å². The number of carbonyl (C=O) groups excluding carboxylic acids is 2. The van der Waals surface area contributed by atoms with Crippen LogP contribution >= 0.6 is 0 Å². The molecule has 5 nitrogen and oxygen atoms in total. The van der Waals surface area contributed by atoms with Gasteiger partial charge in [0.1, 0.15) is 6.54 Å². The average molecular weight is 329 g/mol. The first kappa shape index (κ1) is 17.0. The third-order valence-electron chi connectivity index (χ3n) is 5.18. The molecule has 2 heterocycles. The molecule has 0 spiro atoms. The predicted octanol–water partition coefficient (Wildman–Crippen LogP) is 2.04. The molecule has 0 bridgehead atoms. The van der Waals surface area contributed by atoms with Crippen molar-refractivity contribution >= 4 is 17.5 Å². The Morgan fingerprint density at radius 1 is 1.12 bits per heavy atom. The number of piperazine rings is 1. The van der Waals surface area contributed by atoms with E-state index in [0.29, 0.717) is 13.1 Å². The van der Waals surface area contributed by atoms with Crippen molar-refractivity contribution in [2.75, 3.05) is 37.6 Å². The van der Waals surface area contributed by atoms with E-state index in [0.717, 1.165) is 38.0 Å². The minimum Gasteiger partial charge on any atom is -0.330 e. The smallest absolute Gasteiger partial charge is 0.246 e. The predicted molar refractivity (Wildman–Crippen MR) is 95.0 cm³/mol. The molecule has 5 heteroatoms. The van der Waals surface area contributed by atoms with E-state index in [1.54, 1.807) is 9.80 Å². The van der Waals surface area contributed by atoms with Gasteiger partial charge in [0, 0.05) is 18.8 Å². The van der Waals surface area contributed by atoms with Gasteiger partial charge in [0.15, 0.2) is 0 Å². The second-order valence-corrected chi connectivity index (χ2v) is 6.78. The molecule has 2 amide bonds. The molecule has 130 valence electrons. The van der Waals surface area contributed by atoms with Gasteiger partial charge in [-0.15, -0.1) is 0 Å². The van der Waals surface area contributed by atoms with Gasteiger partial charge in [-0.1, -0.05) is 31.0 Å². The monoisotopic (exact) mass is 329 g/mol. The summed E-state index contributed by atoms with van der Waals surface area (Å²) in [4.78, 5) is 31.2. The molecule has 3 rings (SSSR count). The number of amides is 2. The Bertz CT molecular complexity index is 599. The summed E-state index contributed by atoms with van der Waals surface area (Å²) in [6.07, 6.45) is 3.18. The van der Waals surface area contributed by atoms with Gasteiger partial charge in [-0.25, -0.2) is 0 Å². The fraction of sp³-hybridized carbons (Fsp3) is 0.579. The highest BCUT2D eigenvalue weighted by Crippen LogP contribution is 2.22. The zero-order valence-corrected chi connectivity index (χ0v) is 14.7. The molecule has 0 aromatic heterocycles. The van der Waals surface area contributed by atoms with E-state index in [-0.39, 0.29) is 24.4 Å². The van der Waals surface area contributed by atoms with Crippen molar-refractivity contribution in [3.05, 3.63) is 29.8 Å². The lowest BCUT2D eigenvalue weighted by molar-refractivity contribution is -0.142. The number of anilines is 1. The third kappa shape index (κ3) is 3.46. The molecule has 2 fully saturated rings. The van der Waals surface area contributed by atoms with Gasteiger partial charge in [-0.3, -0.25) is 14.5 Å². The Balaban J connectivity index is 1.65. The first-order valence-corrected chi connectivity index (χ1v) is 9.00. The molecule has 2 aliphatic heterocycles. The van der Waals surface area contributed by atoms with Crippen molar-refractivity contribution in [3.8, 4) is 0 Å². The Morgan fingerprint density at radius 2 is 1.88 bits per heavy atom. The topological polar surface area (TPSA) is 43.9 Å². The normalized spacial score (nSPS) is 22.8. The lowest BCUT2D eigenvalue weighted by atomic mass is 10.0. The van der Waals surface area contributed by atoms with E-state index >= 15 is 0 Å². The standard InChI is InChI=1S/C19H27N3O2/c1-3-20-11-5-4-6-17(20)19(24)21-12-13-22(18(23)14-21)16-9-7-15(2)8-10-16/h7-10,17H,3-6,11-14H2,1-2H3/t17-/m1/s1. The molecule has 0 saturated carbocycles. The van der Waals surface area contributed by atoms with E-state index in [1.807, 2.05) is 31.2 Å². The molecule has 0 unspecified atom stereocenters. The van der Waals surface area contributed by atoms with Crippen molar-refractivity contribution in [1.29, 1.82) is 0 Å². The van der Waals surface area contributed by atoms with E-state index in [2.05, 4.69) is 11.8 Å². The fourth-order valence-corrected chi connectivity index (χ4v) is 3.72. The highest BCUT2D eigenvalue weighted by atomic mass is 16.2. The molecule has 0 aliphatic carbocycles. The van der Waals surface area contributed by atoms with E-state index in [1.165, 1.54) is 5.56 Å². The molecule has 2 aliphatic rings. The highest BCUT2D eigenvalue weighted by Gasteiger charge is 2.35. The van der Waals surface area contributed by atoms with Crippen LogP contribution in [0.2, 0.25) is 0 Å². The Morgan fingerprint density at radius 3 is 2.54 bits per heavy atom. The largest absolute Gasteiger partial charge is 0.330 e. The second-order valence-electron chi connectivity index (χ2n) is 6.78. The minimum absolute atomic E-state index is 0.0114. The van der Waals surface area contributed by atoms with Gasteiger partial charge in [-0.2, -0.15) is 0 Å². The molecule has 1 atom stereocenters. The van der Waals surface area contributed by atoms with Gasteiger partial charge in [0.2, 0.25) is 11.8 Å². The number of carbonyl (C=O) groups is 2. The number of hydrogen-bond acceptors (Lipinski definition) is 3. The second kappa shape index (κ2) is 7.34. The van der Waals surface area contributed by atoms with Crippen LogP contribution in [0.15, 0.2) is 24.3 Å². The summed E-state index contributed by atoms with van der Waals surface area (Å²) in [6, 6.07) is 7.94. The summed E-state index contributed by atoms with van der Waals surface area (Å²) in [7, 11) is 0. The first-order valence-electron chi connectivity index (χ1n) is 9.00. The fourth-order valence-electron chi connectivity index (χ4n) is 3.72. The van der Waals surface area contributed by atoms with E-state index in [9.17, 15) is 9.59 Å². The number of likely N-dealkylation sites (tertiary alicyclic amines) is 1. The summed E-state index contributed by atoms with van der Waals surface area (Å²) in [5.41, 5.74) is 2.10. The number of nitrogens with zero attached hydrogens (tertiary/aromatic N) is 3. The van der Waals surface area contributed by atoms with Crippen molar-refractivity contribution in [2.45, 2.75) is 39.2 Å². The van der Waals surface area contributed by atoms with Crippen LogP contribution in [0.1, 0.15) is 31.7 Å². The zero-order valence-electron chi connectivity index (χ0n) is 14.7. The van der Waals surface area contributed by atoms with E-state index < -0.39 is 0 Å². The number of likely N-dealkylation sites (N-methyl/N-ethyl adjacent to an activating group) is 1. The lowest BCUT2D eigenvalue weighted by Gasteiger charge is -2.40. The maximum atomic E-state index is 12.9.